The van der Waals surface area contributed by atoms with Gasteiger partial charge in [0, 0.05) is 7.05 Å². The summed E-state index contributed by atoms with van der Waals surface area (Å²) in [5.41, 5.74) is 1.77. The van der Waals surface area contributed by atoms with E-state index in [-0.39, 0.29) is 0 Å². The van der Waals surface area contributed by atoms with Crippen molar-refractivity contribution < 1.29 is 9.47 Å². The van der Waals surface area contributed by atoms with Gasteiger partial charge < -0.3 is 9.47 Å². The molecule has 0 saturated carbocycles. The molecule has 0 aliphatic carbocycles. The minimum atomic E-state index is 0.367. The number of aromatic nitrogens is 2. The van der Waals surface area contributed by atoms with Gasteiger partial charge in [-0.2, -0.15) is 5.10 Å². The van der Waals surface area contributed by atoms with Crippen LogP contribution in [-0.4, -0.2) is 16.4 Å². The van der Waals surface area contributed by atoms with E-state index < -0.39 is 0 Å². The van der Waals surface area contributed by atoms with Crippen molar-refractivity contribution in [1.82, 2.24) is 9.78 Å². The highest BCUT2D eigenvalue weighted by Crippen LogP contribution is 2.34. The van der Waals surface area contributed by atoms with Crippen molar-refractivity contribution >= 4 is 11.6 Å². The summed E-state index contributed by atoms with van der Waals surface area (Å²) in [5.74, 6) is 2.40. The molecule has 0 unspecified atom stereocenters. The first-order valence-electron chi connectivity index (χ1n) is 6.15. The van der Waals surface area contributed by atoms with Crippen LogP contribution in [0, 0.1) is 6.92 Å². The van der Waals surface area contributed by atoms with E-state index in [1.165, 1.54) is 0 Å². The van der Waals surface area contributed by atoms with Crippen molar-refractivity contribution in [2.24, 2.45) is 7.05 Å². The summed E-state index contributed by atoms with van der Waals surface area (Å²) in [6, 6.07) is 7.56. The third-order valence-electron chi connectivity index (χ3n) is 2.78. The molecule has 0 fully saturated rings. The van der Waals surface area contributed by atoms with Crippen molar-refractivity contribution in [2.45, 2.75) is 19.7 Å². The number of rotatable bonds is 5. The standard InChI is InChI=1S/C14H17ClN2O2/c1-4-18-12-7-5-6-8-13(12)19-14-11(9-15)10(2)16-17(14)3/h5-8H,4,9H2,1-3H3. The number of aryl methyl sites for hydroxylation is 2. The number of nitrogens with zero attached hydrogens (tertiary/aromatic N) is 2. The molecule has 0 spiro atoms. The second kappa shape index (κ2) is 5.97. The topological polar surface area (TPSA) is 36.3 Å². The number of alkyl halides is 1. The maximum atomic E-state index is 5.95. The second-order valence-electron chi connectivity index (χ2n) is 4.11. The monoisotopic (exact) mass is 280 g/mol. The summed E-state index contributed by atoms with van der Waals surface area (Å²) < 4.78 is 13.2. The van der Waals surface area contributed by atoms with E-state index >= 15 is 0 Å². The normalized spacial score (nSPS) is 10.5. The van der Waals surface area contributed by atoms with Gasteiger partial charge in [0.25, 0.3) is 0 Å². The van der Waals surface area contributed by atoms with Crippen LogP contribution in [0.5, 0.6) is 17.4 Å². The van der Waals surface area contributed by atoms with Gasteiger partial charge in [-0.3, -0.25) is 0 Å². The zero-order chi connectivity index (χ0) is 13.8. The lowest BCUT2D eigenvalue weighted by Crippen LogP contribution is -1.99. The molecule has 0 N–H and O–H groups in total. The van der Waals surface area contributed by atoms with E-state index in [0.29, 0.717) is 29.9 Å². The van der Waals surface area contributed by atoms with Crippen LogP contribution in [0.15, 0.2) is 24.3 Å². The predicted octanol–water partition coefficient (Wildman–Crippen LogP) is 3.66. The summed E-state index contributed by atoms with van der Waals surface area (Å²) in [4.78, 5) is 0. The molecule has 102 valence electrons. The van der Waals surface area contributed by atoms with Crippen molar-refractivity contribution in [2.75, 3.05) is 6.61 Å². The van der Waals surface area contributed by atoms with Crippen LogP contribution in [0.25, 0.3) is 0 Å². The Labute approximate surface area is 117 Å². The SMILES string of the molecule is CCOc1ccccc1Oc1c(CCl)c(C)nn1C. The van der Waals surface area contributed by atoms with E-state index in [2.05, 4.69) is 5.10 Å². The molecule has 0 radical (unpaired) electrons. The quantitative estimate of drug-likeness (QED) is 0.784. The Kier molecular flexibility index (Phi) is 4.32. The Bertz CT molecular complexity index is 567. The average molecular weight is 281 g/mol. The van der Waals surface area contributed by atoms with E-state index in [1.807, 2.05) is 45.2 Å². The average Bonchev–Trinajstić information content (AvgIpc) is 2.66. The van der Waals surface area contributed by atoms with Crippen molar-refractivity contribution in [3.05, 3.63) is 35.5 Å². The van der Waals surface area contributed by atoms with Crippen molar-refractivity contribution in [1.29, 1.82) is 0 Å². The lowest BCUT2D eigenvalue weighted by molar-refractivity contribution is 0.316. The Hall–Kier alpha value is -1.68. The molecule has 5 heteroatoms. The second-order valence-corrected chi connectivity index (χ2v) is 4.38. The molecule has 0 amide bonds. The molecule has 2 rings (SSSR count). The molecule has 19 heavy (non-hydrogen) atoms. The Morgan fingerprint density at radius 3 is 2.58 bits per heavy atom. The van der Waals surface area contributed by atoms with Crippen LogP contribution in [-0.2, 0) is 12.9 Å². The van der Waals surface area contributed by atoms with E-state index in [0.717, 1.165) is 11.3 Å². The van der Waals surface area contributed by atoms with Crippen molar-refractivity contribution in [3.8, 4) is 17.4 Å². The fourth-order valence-electron chi connectivity index (χ4n) is 1.88. The summed E-state index contributed by atoms with van der Waals surface area (Å²) in [5, 5.41) is 4.32. The maximum absolute atomic E-state index is 5.95. The largest absolute Gasteiger partial charge is 0.490 e. The minimum Gasteiger partial charge on any atom is -0.490 e. The fraction of sp³-hybridized carbons (Fsp3) is 0.357. The summed E-state index contributed by atoms with van der Waals surface area (Å²) in [6.45, 7) is 4.45. The van der Waals surface area contributed by atoms with Gasteiger partial charge in [0.2, 0.25) is 5.88 Å². The van der Waals surface area contributed by atoms with Gasteiger partial charge in [-0.15, -0.1) is 11.6 Å². The molecule has 1 aromatic carbocycles. The highest BCUT2D eigenvalue weighted by molar-refractivity contribution is 6.17. The van der Waals surface area contributed by atoms with E-state index in [1.54, 1.807) is 4.68 Å². The summed E-state index contributed by atoms with van der Waals surface area (Å²) >= 11 is 5.95. The van der Waals surface area contributed by atoms with Crippen LogP contribution in [0.3, 0.4) is 0 Å². The molecule has 0 aliphatic rings. The van der Waals surface area contributed by atoms with Gasteiger partial charge in [0.05, 0.1) is 23.7 Å². The molecule has 0 bridgehead atoms. The zero-order valence-corrected chi connectivity index (χ0v) is 12.1. The Morgan fingerprint density at radius 1 is 1.26 bits per heavy atom. The maximum Gasteiger partial charge on any atom is 0.222 e. The molecular formula is C14H17ClN2O2. The van der Waals surface area contributed by atoms with Gasteiger partial charge in [-0.1, -0.05) is 12.1 Å². The Morgan fingerprint density at radius 2 is 1.95 bits per heavy atom. The van der Waals surface area contributed by atoms with Crippen LogP contribution in [0.4, 0.5) is 0 Å². The van der Waals surface area contributed by atoms with Gasteiger partial charge >= 0.3 is 0 Å². The van der Waals surface area contributed by atoms with Gasteiger partial charge in [0.15, 0.2) is 11.5 Å². The molecule has 2 aromatic rings. The zero-order valence-electron chi connectivity index (χ0n) is 11.3. The highest BCUT2D eigenvalue weighted by Gasteiger charge is 2.16. The minimum absolute atomic E-state index is 0.367. The molecule has 0 atom stereocenters. The van der Waals surface area contributed by atoms with Crippen LogP contribution < -0.4 is 9.47 Å². The fourth-order valence-corrected chi connectivity index (χ4v) is 2.18. The molecule has 0 saturated heterocycles. The van der Waals surface area contributed by atoms with Gasteiger partial charge in [-0.25, -0.2) is 4.68 Å². The van der Waals surface area contributed by atoms with Crippen LogP contribution >= 0.6 is 11.6 Å². The lowest BCUT2D eigenvalue weighted by Gasteiger charge is -2.12. The van der Waals surface area contributed by atoms with Crippen LogP contribution in [0.2, 0.25) is 0 Å². The molecule has 1 aromatic heterocycles. The number of hydrogen-bond donors (Lipinski definition) is 0. The van der Waals surface area contributed by atoms with E-state index in [9.17, 15) is 0 Å². The number of halogens is 1. The predicted molar refractivity (Wildman–Crippen MR) is 75.2 cm³/mol. The smallest absolute Gasteiger partial charge is 0.222 e. The number of benzene rings is 1. The van der Waals surface area contributed by atoms with Crippen molar-refractivity contribution in [3.63, 3.8) is 0 Å². The number of para-hydroxylation sites is 2. The summed E-state index contributed by atoms with van der Waals surface area (Å²) in [6.07, 6.45) is 0. The lowest BCUT2D eigenvalue weighted by atomic mass is 10.3. The molecule has 1 heterocycles. The third-order valence-corrected chi connectivity index (χ3v) is 3.05. The first kappa shape index (κ1) is 13.7. The third kappa shape index (κ3) is 2.84. The molecule has 0 aliphatic heterocycles. The Balaban J connectivity index is 2.36. The number of ether oxygens (including phenoxy) is 2. The summed E-state index contributed by atoms with van der Waals surface area (Å²) in [7, 11) is 1.83. The van der Waals surface area contributed by atoms with E-state index in [4.69, 9.17) is 21.1 Å². The first-order valence-corrected chi connectivity index (χ1v) is 6.69. The van der Waals surface area contributed by atoms with Crippen LogP contribution in [0.1, 0.15) is 18.2 Å². The van der Waals surface area contributed by atoms with Gasteiger partial charge in [0.1, 0.15) is 0 Å². The van der Waals surface area contributed by atoms with Gasteiger partial charge in [-0.05, 0) is 26.0 Å². The highest BCUT2D eigenvalue weighted by atomic mass is 35.5. The first-order chi connectivity index (χ1) is 9.17. The number of hydrogen-bond acceptors (Lipinski definition) is 3. The molecule has 4 nitrogen and oxygen atoms in total. The molecular weight excluding hydrogens is 264 g/mol.